The van der Waals surface area contributed by atoms with E-state index < -0.39 is 30.1 Å². The van der Waals surface area contributed by atoms with Crippen molar-refractivity contribution in [1.82, 2.24) is 20.6 Å². The fraction of sp³-hybridized carbons (Fsp3) is 0.231. The summed E-state index contributed by atoms with van der Waals surface area (Å²) in [7, 11) is 0. The number of carboxylic acid groups (broad SMARTS) is 1. The normalized spacial score (nSPS) is 13.6. The van der Waals surface area contributed by atoms with E-state index in [0.29, 0.717) is 5.69 Å². The van der Waals surface area contributed by atoms with Gasteiger partial charge in [-0.05, 0) is 22.3 Å². The van der Waals surface area contributed by atoms with Crippen molar-refractivity contribution in [2.75, 3.05) is 6.61 Å². The third-order valence-corrected chi connectivity index (χ3v) is 5.87. The number of carbonyl (C=O) groups is 3. The van der Waals surface area contributed by atoms with Gasteiger partial charge in [-0.2, -0.15) is 0 Å². The van der Waals surface area contributed by atoms with E-state index in [0.717, 1.165) is 22.3 Å². The van der Waals surface area contributed by atoms with Crippen molar-refractivity contribution in [2.24, 2.45) is 0 Å². The number of H-pyrrole nitrogens is 1. The monoisotopic (exact) mass is 472 g/mol. The number of aromatic amines is 1. The first-order chi connectivity index (χ1) is 17.0. The van der Waals surface area contributed by atoms with Gasteiger partial charge in [0.15, 0.2) is 0 Å². The quantitative estimate of drug-likeness (QED) is 0.354. The van der Waals surface area contributed by atoms with Crippen molar-refractivity contribution < 1.29 is 24.2 Å². The Balaban J connectivity index is 1.39. The fourth-order valence-corrected chi connectivity index (χ4v) is 4.20. The van der Waals surface area contributed by atoms with E-state index in [1.54, 1.807) is 0 Å². The van der Waals surface area contributed by atoms with Crippen molar-refractivity contribution in [1.29, 1.82) is 0 Å². The number of aromatic nitrogens is 2. The second kappa shape index (κ2) is 10.6. The lowest BCUT2D eigenvalue weighted by molar-refractivity contribution is -0.142. The molecule has 1 aliphatic rings. The van der Waals surface area contributed by atoms with E-state index >= 15 is 0 Å². The number of hydrogen-bond acceptors (Lipinski definition) is 5. The Morgan fingerprint density at radius 2 is 1.71 bits per heavy atom. The maximum absolute atomic E-state index is 12.7. The summed E-state index contributed by atoms with van der Waals surface area (Å²) in [5.74, 6) is 0.243. The first kappa shape index (κ1) is 23.6. The summed E-state index contributed by atoms with van der Waals surface area (Å²) in [5.41, 5.74) is 4.85. The van der Waals surface area contributed by atoms with Crippen LogP contribution in [0.3, 0.4) is 0 Å². The van der Waals surface area contributed by atoms with E-state index in [2.05, 4.69) is 26.5 Å². The summed E-state index contributed by atoms with van der Waals surface area (Å²) in [6.45, 7) is 0.0713. The van der Waals surface area contributed by atoms with Gasteiger partial charge in [-0.1, -0.05) is 48.5 Å². The second-order valence-corrected chi connectivity index (χ2v) is 8.11. The predicted molar refractivity (Wildman–Crippen MR) is 127 cm³/mol. The van der Waals surface area contributed by atoms with Crippen molar-refractivity contribution in [3.8, 4) is 23.5 Å². The van der Waals surface area contributed by atoms with Gasteiger partial charge in [0.2, 0.25) is 5.91 Å². The zero-order valence-electron chi connectivity index (χ0n) is 18.7. The van der Waals surface area contributed by atoms with E-state index in [1.807, 2.05) is 48.5 Å². The fourth-order valence-electron chi connectivity index (χ4n) is 4.20. The Kier molecular flexibility index (Phi) is 7.12. The van der Waals surface area contributed by atoms with E-state index in [1.165, 1.54) is 12.5 Å². The van der Waals surface area contributed by atoms with Crippen LogP contribution in [0.5, 0.6) is 0 Å². The molecule has 1 unspecified atom stereocenters. The van der Waals surface area contributed by atoms with Crippen LogP contribution in [0.25, 0.3) is 11.1 Å². The molecule has 3 aromatic rings. The lowest BCUT2D eigenvalue weighted by Crippen LogP contribution is -2.52. The number of nitrogens with zero attached hydrogens (tertiary/aromatic N) is 1. The number of ether oxygens (including phenoxy) is 1. The van der Waals surface area contributed by atoms with Gasteiger partial charge in [0.25, 0.3) is 0 Å². The van der Waals surface area contributed by atoms with Crippen LogP contribution < -0.4 is 10.6 Å². The Hall–Kier alpha value is -4.58. The van der Waals surface area contributed by atoms with E-state index in [9.17, 15) is 19.5 Å². The first-order valence-corrected chi connectivity index (χ1v) is 11.0. The molecule has 0 fully saturated rings. The molecule has 2 amide bonds. The molecular formula is C26H24N4O5. The molecule has 9 nitrogen and oxygen atoms in total. The summed E-state index contributed by atoms with van der Waals surface area (Å²) in [4.78, 5) is 43.6. The molecule has 0 saturated heterocycles. The average Bonchev–Trinajstić information content (AvgIpc) is 3.48. The summed E-state index contributed by atoms with van der Waals surface area (Å²) in [6, 6.07) is 13.5. The van der Waals surface area contributed by atoms with Gasteiger partial charge in [-0.3, -0.25) is 4.79 Å². The Morgan fingerprint density at radius 1 is 1.06 bits per heavy atom. The van der Waals surface area contributed by atoms with E-state index in [-0.39, 0.29) is 25.4 Å². The molecule has 0 saturated carbocycles. The number of benzene rings is 2. The summed E-state index contributed by atoms with van der Waals surface area (Å²) >= 11 is 0. The molecule has 178 valence electrons. The molecule has 0 spiro atoms. The minimum atomic E-state index is -1.23. The number of hydrogen-bond donors (Lipinski definition) is 4. The third kappa shape index (κ3) is 5.33. The molecule has 0 bridgehead atoms. The molecule has 2 aromatic carbocycles. The SMILES string of the molecule is C#CCC(NC(=O)OCC1c2ccccc2-c2ccccc21)C(=O)N[C@H](Cc1cnc[nH]1)C(=O)O. The zero-order chi connectivity index (χ0) is 24.8. The molecule has 35 heavy (non-hydrogen) atoms. The standard InChI is InChI=1S/C26H24N4O5/c1-2-7-22(24(31)29-23(25(32)33)12-16-13-27-15-28-16)30-26(34)35-14-21-19-10-5-3-8-17(19)18-9-4-6-11-20(18)21/h1,3-6,8-11,13,15,21-23H,7,12,14H2,(H,27,28)(H,29,31)(H,30,34)(H,32,33)/t22?,23-/m1/s1. The van der Waals surface area contributed by atoms with Gasteiger partial charge in [0, 0.05) is 30.7 Å². The van der Waals surface area contributed by atoms with E-state index in [4.69, 9.17) is 11.2 Å². The van der Waals surface area contributed by atoms with Crippen molar-refractivity contribution in [3.05, 3.63) is 77.9 Å². The molecule has 4 rings (SSSR count). The third-order valence-electron chi connectivity index (χ3n) is 5.87. The number of imidazole rings is 1. The first-order valence-electron chi connectivity index (χ1n) is 11.0. The van der Waals surface area contributed by atoms with Crippen LogP contribution in [0.4, 0.5) is 4.79 Å². The molecular weight excluding hydrogens is 448 g/mol. The Bertz CT molecular complexity index is 1220. The topological polar surface area (TPSA) is 133 Å². The molecule has 1 aromatic heterocycles. The van der Waals surface area contributed by atoms with Crippen LogP contribution in [0, 0.1) is 12.3 Å². The number of aliphatic carboxylic acids is 1. The highest BCUT2D eigenvalue weighted by molar-refractivity contribution is 5.89. The molecule has 0 radical (unpaired) electrons. The van der Waals surface area contributed by atoms with Crippen LogP contribution in [0.15, 0.2) is 61.1 Å². The average molecular weight is 473 g/mol. The molecule has 9 heteroatoms. The Morgan fingerprint density at radius 3 is 2.29 bits per heavy atom. The van der Waals surface area contributed by atoms with Gasteiger partial charge in [-0.25, -0.2) is 14.6 Å². The van der Waals surface area contributed by atoms with Crippen LogP contribution in [0.2, 0.25) is 0 Å². The summed E-state index contributed by atoms with van der Waals surface area (Å²) in [5, 5.41) is 14.4. The van der Waals surface area contributed by atoms with Gasteiger partial charge in [-0.15, -0.1) is 12.3 Å². The highest BCUT2D eigenvalue weighted by Crippen LogP contribution is 2.44. The molecule has 2 atom stereocenters. The summed E-state index contributed by atoms with van der Waals surface area (Å²) in [6.07, 6.45) is 7.30. The number of rotatable bonds is 9. The molecule has 0 aliphatic heterocycles. The maximum Gasteiger partial charge on any atom is 0.407 e. The maximum atomic E-state index is 12.7. The second-order valence-electron chi connectivity index (χ2n) is 8.11. The van der Waals surface area contributed by atoms with Crippen LogP contribution in [-0.2, 0) is 20.7 Å². The number of alkyl carbamates (subject to hydrolysis) is 1. The van der Waals surface area contributed by atoms with Crippen LogP contribution >= 0.6 is 0 Å². The largest absolute Gasteiger partial charge is 0.480 e. The number of carboxylic acids is 1. The highest BCUT2D eigenvalue weighted by atomic mass is 16.5. The number of carbonyl (C=O) groups excluding carboxylic acids is 2. The summed E-state index contributed by atoms with van der Waals surface area (Å²) < 4.78 is 5.48. The lowest BCUT2D eigenvalue weighted by Gasteiger charge is -2.20. The molecule has 1 heterocycles. The van der Waals surface area contributed by atoms with Gasteiger partial charge >= 0.3 is 12.1 Å². The smallest absolute Gasteiger partial charge is 0.407 e. The number of terminal acetylenes is 1. The van der Waals surface area contributed by atoms with Crippen molar-refractivity contribution in [3.63, 3.8) is 0 Å². The zero-order valence-corrected chi connectivity index (χ0v) is 18.7. The van der Waals surface area contributed by atoms with Gasteiger partial charge in [0.05, 0.1) is 6.33 Å². The number of amides is 2. The minimum Gasteiger partial charge on any atom is -0.480 e. The lowest BCUT2D eigenvalue weighted by atomic mass is 9.98. The predicted octanol–water partition coefficient (Wildman–Crippen LogP) is 2.45. The van der Waals surface area contributed by atoms with Crippen molar-refractivity contribution >= 4 is 18.0 Å². The minimum absolute atomic E-state index is 0.00517. The number of nitrogens with one attached hydrogen (secondary N) is 3. The van der Waals surface area contributed by atoms with Gasteiger partial charge in [0.1, 0.15) is 18.7 Å². The molecule has 4 N–H and O–H groups in total. The van der Waals surface area contributed by atoms with Crippen molar-refractivity contribution in [2.45, 2.75) is 30.8 Å². The highest BCUT2D eigenvalue weighted by Gasteiger charge is 2.30. The van der Waals surface area contributed by atoms with Crippen LogP contribution in [-0.4, -0.2) is 51.7 Å². The number of fused-ring (bicyclic) bond motifs is 3. The molecule has 1 aliphatic carbocycles. The van der Waals surface area contributed by atoms with Gasteiger partial charge < -0.3 is 25.5 Å². The Labute approximate surface area is 201 Å². The van der Waals surface area contributed by atoms with Crippen LogP contribution in [0.1, 0.15) is 29.2 Å².